The van der Waals surface area contributed by atoms with Crippen LogP contribution in [0.1, 0.15) is 31.4 Å². The first-order chi connectivity index (χ1) is 13.0. The van der Waals surface area contributed by atoms with Crippen LogP contribution in [0.25, 0.3) is 0 Å². The lowest BCUT2D eigenvalue weighted by molar-refractivity contribution is -0.0496. The standard InChI is InChI=1S/C17H24ClF3N4O2S/c1-12(14-4-3-5-15(18)10-14)24-16(22-2)23-11-13-6-8-25(9-7-13)28(26,27)17(19,20)21/h3-5,10,12-13H,6-9,11H2,1-2H3,(H2,22,23,24). The fraction of sp³-hybridized carbons (Fsp3) is 0.588. The Balaban J connectivity index is 1.84. The molecule has 28 heavy (non-hydrogen) atoms. The van der Waals surface area contributed by atoms with Crippen molar-refractivity contribution < 1.29 is 21.6 Å². The summed E-state index contributed by atoms with van der Waals surface area (Å²) in [6.45, 7) is 2.17. The number of sulfonamides is 1. The Kier molecular flexibility index (Phi) is 7.58. The number of hydrogen-bond acceptors (Lipinski definition) is 3. The minimum atomic E-state index is -5.25. The maximum Gasteiger partial charge on any atom is 0.511 e. The van der Waals surface area contributed by atoms with Crippen LogP contribution in [0.5, 0.6) is 0 Å². The van der Waals surface area contributed by atoms with Crippen LogP contribution in [-0.4, -0.2) is 50.9 Å². The number of piperidine rings is 1. The molecule has 1 heterocycles. The van der Waals surface area contributed by atoms with Gasteiger partial charge in [0, 0.05) is 31.7 Å². The molecule has 1 aliphatic heterocycles. The van der Waals surface area contributed by atoms with Gasteiger partial charge in [-0.05, 0) is 43.4 Å². The molecule has 0 amide bonds. The summed E-state index contributed by atoms with van der Waals surface area (Å²) in [4.78, 5) is 4.15. The molecular weight excluding hydrogens is 417 g/mol. The van der Waals surface area contributed by atoms with Crippen molar-refractivity contribution in [2.45, 2.75) is 31.3 Å². The highest BCUT2D eigenvalue weighted by molar-refractivity contribution is 7.90. The summed E-state index contributed by atoms with van der Waals surface area (Å²) >= 11 is 6.00. The molecule has 1 atom stereocenters. The summed E-state index contributed by atoms with van der Waals surface area (Å²) in [7, 11) is -3.62. The summed E-state index contributed by atoms with van der Waals surface area (Å²) in [5, 5.41) is 7.02. The van der Waals surface area contributed by atoms with Gasteiger partial charge in [0.25, 0.3) is 0 Å². The van der Waals surface area contributed by atoms with Gasteiger partial charge in [-0.25, -0.2) is 8.42 Å². The van der Waals surface area contributed by atoms with E-state index in [9.17, 15) is 21.6 Å². The fourth-order valence-electron chi connectivity index (χ4n) is 3.00. The lowest BCUT2D eigenvalue weighted by Crippen LogP contribution is -2.47. The molecule has 1 aromatic carbocycles. The third kappa shape index (κ3) is 5.74. The van der Waals surface area contributed by atoms with E-state index in [1.807, 2.05) is 25.1 Å². The summed E-state index contributed by atoms with van der Waals surface area (Å²) in [6, 6.07) is 7.38. The van der Waals surface area contributed by atoms with E-state index in [0.717, 1.165) is 5.56 Å². The molecule has 11 heteroatoms. The number of benzene rings is 1. The zero-order valence-corrected chi connectivity index (χ0v) is 17.2. The number of guanidine groups is 1. The van der Waals surface area contributed by atoms with Crippen molar-refractivity contribution in [2.75, 3.05) is 26.7 Å². The van der Waals surface area contributed by atoms with E-state index in [1.165, 1.54) is 0 Å². The number of nitrogens with one attached hydrogen (secondary N) is 2. The Bertz CT molecular complexity index is 794. The van der Waals surface area contributed by atoms with Crippen LogP contribution in [0.2, 0.25) is 5.02 Å². The molecule has 1 aromatic rings. The van der Waals surface area contributed by atoms with Gasteiger partial charge in [0.1, 0.15) is 0 Å². The second-order valence-electron chi connectivity index (χ2n) is 6.67. The molecule has 2 N–H and O–H groups in total. The quantitative estimate of drug-likeness (QED) is 0.545. The molecule has 1 fully saturated rings. The molecule has 158 valence electrons. The second-order valence-corrected chi connectivity index (χ2v) is 9.03. The molecule has 6 nitrogen and oxygen atoms in total. The number of hydrogen-bond donors (Lipinski definition) is 2. The van der Waals surface area contributed by atoms with Crippen LogP contribution >= 0.6 is 11.6 Å². The van der Waals surface area contributed by atoms with Crippen molar-refractivity contribution in [1.29, 1.82) is 0 Å². The van der Waals surface area contributed by atoms with Crippen molar-refractivity contribution in [3.63, 3.8) is 0 Å². The smallest absolute Gasteiger partial charge is 0.356 e. The summed E-state index contributed by atoms with van der Waals surface area (Å²) in [6.07, 6.45) is 0.701. The summed E-state index contributed by atoms with van der Waals surface area (Å²) < 4.78 is 61.3. The molecule has 1 aliphatic rings. The van der Waals surface area contributed by atoms with E-state index < -0.39 is 15.5 Å². The number of halogens is 4. The fourth-order valence-corrected chi connectivity index (χ4v) is 4.18. The van der Waals surface area contributed by atoms with E-state index in [0.29, 0.717) is 34.7 Å². The predicted octanol–water partition coefficient (Wildman–Crippen LogP) is 3.13. The first kappa shape index (κ1) is 22.8. The van der Waals surface area contributed by atoms with E-state index in [2.05, 4.69) is 15.6 Å². The van der Waals surface area contributed by atoms with Crippen molar-refractivity contribution in [2.24, 2.45) is 10.9 Å². The zero-order chi connectivity index (χ0) is 20.9. The molecule has 0 aliphatic carbocycles. The van der Waals surface area contributed by atoms with Gasteiger partial charge in [-0.1, -0.05) is 23.7 Å². The van der Waals surface area contributed by atoms with E-state index in [4.69, 9.17) is 11.6 Å². The number of rotatable bonds is 5. The minimum Gasteiger partial charge on any atom is -0.356 e. The van der Waals surface area contributed by atoms with Gasteiger partial charge < -0.3 is 10.6 Å². The van der Waals surface area contributed by atoms with Crippen LogP contribution in [0.3, 0.4) is 0 Å². The Labute approximate surface area is 168 Å². The van der Waals surface area contributed by atoms with Crippen molar-refractivity contribution in [3.8, 4) is 0 Å². The van der Waals surface area contributed by atoms with Crippen LogP contribution in [0.15, 0.2) is 29.3 Å². The van der Waals surface area contributed by atoms with Crippen molar-refractivity contribution >= 4 is 27.6 Å². The molecular formula is C17H24ClF3N4O2S. The van der Waals surface area contributed by atoms with Gasteiger partial charge in [-0.3, -0.25) is 4.99 Å². The maximum absolute atomic E-state index is 12.6. The minimum absolute atomic E-state index is 0.0522. The SMILES string of the molecule is CN=C(NCC1CCN(S(=O)(=O)C(F)(F)F)CC1)NC(C)c1cccc(Cl)c1. The van der Waals surface area contributed by atoms with Crippen molar-refractivity contribution in [3.05, 3.63) is 34.9 Å². The van der Waals surface area contributed by atoms with Crippen LogP contribution in [-0.2, 0) is 10.0 Å². The predicted molar refractivity (Wildman–Crippen MR) is 104 cm³/mol. The Morgan fingerprint density at radius 1 is 1.36 bits per heavy atom. The van der Waals surface area contributed by atoms with Gasteiger partial charge in [-0.2, -0.15) is 17.5 Å². The van der Waals surface area contributed by atoms with Crippen LogP contribution in [0, 0.1) is 5.92 Å². The van der Waals surface area contributed by atoms with Gasteiger partial charge in [0.05, 0.1) is 6.04 Å². The molecule has 0 radical (unpaired) electrons. The number of nitrogens with zero attached hydrogens (tertiary/aromatic N) is 2. The average Bonchev–Trinajstić information content (AvgIpc) is 2.64. The van der Waals surface area contributed by atoms with E-state index in [-0.39, 0.29) is 25.0 Å². The van der Waals surface area contributed by atoms with Gasteiger partial charge >= 0.3 is 15.5 Å². The van der Waals surface area contributed by atoms with E-state index >= 15 is 0 Å². The summed E-state index contributed by atoms with van der Waals surface area (Å²) in [5.41, 5.74) is -4.26. The Morgan fingerprint density at radius 3 is 2.54 bits per heavy atom. The van der Waals surface area contributed by atoms with Gasteiger partial charge in [0.15, 0.2) is 5.96 Å². The molecule has 0 spiro atoms. The molecule has 1 saturated heterocycles. The first-order valence-corrected chi connectivity index (χ1v) is 10.7. The number of alkyl halides is 3. The molecule has 2 rings (SSSR count). The molecule has 0 saturated carbocycles. The van der Waals surface area contributed by atoms with Crippen molar-refractivity contribution in [1.82, 2.24) is 14.9 Å². The monoisotopic (exact) mass is 440 g/mol. The van der Waals surface area contributed by atoms with Crippen LogP contribution in [0.4, 0.5) is 13.2 Å². The zero-order valence-electron chi connectivity index (χ0n) is 15.6. The summed E-state index contributed by atoms with van der Waals surface area (Å²) in [5.74, 6) is 0.609. The largest absolute Gasteiger partial charge is 0.511 e. The highest BCUT2D eigenvalue weighted by atomic mass is 35.5. The van der Waals surface area contributed by atoms with Gasteiger partial charge in [0.2, 0.25) is 0 Å². The number of aliphatic imine (C=N–C) groups is 1. The first-order valence-electron chi connectivity index (χ1n) is 8.83. The third-order valence-corrected chi connectivity index (χ3v) is 6.55. The lowest BCUT2D eigenvalue weighted by atomic mass is 9.98. The lowest BCUT2D eigenvalue weighted by Gasteiger charge is -2.32. The topological polar surface area (TPSA) is 73.8 Å². The molecule has 1 unspecified atom stereocenters. The van der Waals surface area contributed by atoms with E-state index in [1.54, 1.807) is 13.1 Å². The average molecular weight is 441 g/mol. The molecule has 0 aromatic heterocycles. The normalized spacial score (nSPS) is 18.7. The van der Waals surface area contributed by atoms with Gasteiger partial charge in [-0.15, -0.1) is 0 Å². The highest BCUT2D eigenvalue weighted by Crippen LogP contribution is 2.30. The Hall–Kier alpha value is -1.52. The Morgan fingerprint density at radius 2 is 2.00 bits per heavy atom. The van der Waals surface area contributed by atoms with Crippen LogP contribution < -0.4 is 10.6 Å². The molecule has 0 bridgehead atoms. The third-order valence-electron chi connectivity index (χ3n) is 4.69. The highest BCUT2D eigenvalue weighted by Gasteiger charge is 2.50. The second kappa shape index (κ2) is 9.32. The maximum atomic E-state index is 12.6.